The molecule has 0 radical (unpaired) electrons. The van der Waals surface area contributed by atoms with Crippen LogP contribution in [0.25, 0.3) is 0 Å². The van der Waals surface area contributed by atoms with E-state index in [0.29, 0.717) is 12.3 Å². The molecule has 0 saturated heterocycles. The highest BCUT2D eigenvalue weighted by Gasteiger charge is 2.10. The average molecular weight is 336 g/mol. The van der Waals surface area contributed by atoms with E-state index in [2.05, 4.69) is 27.8 Å². The van der Waals surface area contributed by atoms with Crippen molar-refractivity contribution in [2.45, 2.75) is 6.61 Å². The number of ether oxygens (including phenoxy) is 1. The van der Waals surface area contributed by atoms with Gasteiger partial charge in [0.2, 0.25) is 0 Å². The van der Waals surface area contributed by atoms with Gasteiger partial charge in [0.15, 0.2) is 5.76 Å². The first-order valence-corrected chi connectivity index (χ1v) is 6.84. The van der Waals surface area contributed by atoms with Gasteiger partial charge in [0.05, 0.1) is 0 Å². The molecule has 0 bridgehead atoms. The summed E-state index contributed by atoms with van der Waals surface area (Å²) in [5.74, 6) is 1.33. The smallest absolute Gasteiger partial charge is 0.287 e. The van der Waals surface area contributed by atoms with Gasteiger partial charge in [-0.2, -0.15) is 0 Å². The molecule has 4 nitrogen and oxygen atoms in total. The molecule has 0 unspecified atom stereocenters. The van der Waals surface area contributed by atoms with Crippen molar-refractivity contribution in [1.82, 2.24) is 5.32 Å². The summed E-state index contributed by atoms with van der Waals surface area (Å²) in [6.07, 6.45) is 1.61. The summed E-state index contributed by atoms with van der Waals surface area (Å²) in [6, 6.07) is 10.8. The van der Waals surface area contributed by atoms with E-state index in [4.69, 9.17) is 9.15 Å². The first-order chi connectivity index (χ1) is 9.69. The topological polar surface area (TPSA) is 51.5 Å². The lowest BCUT2D eigenvalue weighted by Gasteiger charge is -2.04. The van der Waals surface area contributed by atoms with Gasteiger partial charge in [-0.1, -0.05) is 22.0 Å². The Labute approximate surface area is 125 Å². The number of nitrogens with one attached hydrogen (secondary N) is 1. The van der Waals surface area contributed by atoms with Crippen LogP contribution >= 0.6 is 15.9 Å². The molecule has 0 aliphatic rings. The molecule has 2 aromatic rings. The first-order valence-electron chi connectivity index (χ1n) is 6.05. The number of carbonyl (C=O) groups is 1. The van der Waals surface area contributed by atoms with Crippen LogP contribution in [0.15, 0.2) is 57.9 Å². The minimum Gasteiger partial charge on any atom is -0.486 e. The van der Waals surface area contributed by atoms with Gasteiger partial charge in [0, 0.05) is 11.0 Å². The maximum atomic E-state index is 11.6. The van der Waals surface area contributed by atoms with E-state index in [1.165, 1.54) is 0 Å². The van der Waals surface area contributed by atoms with Gasteiger partial charge in [-0.05, 0) is 36.4 Å². The maximum Gasteiger partial charge on any atom is 0.287 e. The van der Waals surface area contributed by atoms with Crippen LogP contribution in [0.3, 0.4) is 0 Å². The molecule has 2 rings (SSSR count). The van der Waals surface area contributed by atoms with Gasteiger partial charge in [0.1, 0.15) is 18.1 Å². The fourth-order valence-corrected chi connectivity index (χ4v) is 1.78. The number of amides is 1. The predicted octanol–water partition coefficient (Wildman–Crippen LogP) is 3.54. The van der Waals surface area contributed by atoms with E-state index in [9.17, 15) is 4.79 Å². The standard InChI is InChI=1S/C15H14BrNO3/c1-2-9-17-15(18)14-8-7-13(20-14)10-19-12-5-3-11(16)4-6-12/h2-8H,1,9-10H2,(H,17,18). The Hall–Kier alpha value is -2.01. The van der Waals surface area contributed by atoms with E-state index in [1.807, 2.05) is 24.3 Å². The van der Waals surface area contributed by atoms with Crippen LogP contribution in [-0.2, 0) is 6.61 Å². The van der Waals surface area contributed by atoms with E-state index < -0.39 is 0 Å². The van der Waals surface area contributed by atoms with Gasteiger partial charge in [0.25, 0.3) is 5.91 Å². The van der Waals surface area contributed by atoms with E-state index in [0.717, 1.165) is 10.2 Å². The normalized spacial score (nSPS) is 10.1. The molecule has 20 heavy (non-hydrogen) atoms. The number of benzene rings is 1. The minimum absolute atomic E-state index is 0.264. The van der Waals surface area contributed by atoms with Crippen LogP contribution in [0.5, 0.6) is 5.75 Å². The molecular weight excluding hydrogens is 322 g/mol. The third-order valence-corrected chi connectivity index (χ3v) is 3.02. The van der Waals surface area contributed by atoms with Gasteiger partial charge >= 0.3 is 0 Å². The third-order valence-electron chi connectivity index (χ3n) is 2.49. The number of furan rings is 1. The van der Waals surface area contributed by atoms with Crippen LogP contribution < -0.4 is 10.1 Å². The Morgan fingerprint density at radius 1 is 1.30 bits per heavy atom. The number of carbonyl (C=O) groups excluding carboxylic acids is 1. The minimum atomic E-state index is -0.264. The van der Waals surface area contributed by atoms with Crippen molar-refractivity contribution in [2.75, 3.05) is 6.54 Å². The monoisotopic (exact) mass is 335 g/mol. The fourth-order valence-electron chi connectivity index (χ4n) is 1.51. The zero-order valence-electron chi connectivity index (χ0n) is 10.8. The Kier molecular flexibility index (Phi) is 5.01. The SMILES string of the molecule is C=CCNC(=O)c1ccc(COc2ccc(Br)cc2)o1. The Morgan fingerprint density at radius 2 is 2.05 bits per heavy atom. The molecule has 1 aromatic heterocycles. The zero-order valence-corrected chi connectivity index (χ0v) is 12.4. The maximum absolute atomic E-state index is 11.6. The van der Waals surface area contributed by atoms with E-state index in [1.54, 1.807) is 18.2 Å². The third kappa shape index (κ3) is 3.99. The van der Waals surface area contributed by atoms with E-state index >= 15 is 0 Å². The summed E-state index contributed by atoms with van der Waals surface area (Å²) >= 11 is 3.36. The predicted molar refractivity (Wildman–Crippen MR) is 79.7 cm³/mol. The molecule has 5 heteroatoms. The van der Waals surface area contributed by atoms with Crippen molar-refractivity contribution in [3.05, 3.63) is 65.0 Å². The molecule has 104 valence electrons. The zero-order chi connectivity index (χ0) is 14.4. The van der Waals surface area contributed by atoms with Gasteiger partial charge in [-0.3, -0.25) is 4.79 Å². The quantitative estimate of drug-likeness (QED) is 0.821. The average Bonchev–Trinajstić information content (AvgIpc) is 2.93. The number of hydrogen-bond donors (Lipinski definition) is 1. The molecule has 0 atom stereocenters. The molecular formula is C15H14BrNO3. The second-order valence-corrected chi connectivity index (χ2v) is 4.92. The van der Waals surface area contributed by atoms with Crippen molar-refractivity contribution in [2.24, 2.45) is 0 Å². The molecule has 0 spiro atoms. The molecule has 1 aromatic carbocycles. The van der Waals surface area contributed by atoms with Crippen molar-refractivity contribution in [3.63, 3.8) is 0 Å². The van der Waals surface area contributed by atoms with Gasteiger partial charge < -0.3 is 14.5 Å². The van der Waals surface area contributed by atoms with Crippen LogP contribution in [0, 0.1) is 0 Å². The van der Waals surface area contributed by atoms with Crippen LogP contribution in [-0.4, -0.2) is 12.5 Å². The second kappa shape index (κ2) is 6.96. The Morgan fingerprint density at radius 3 is 2.75 bits per heavy atom. The number of hydrogen-bond acceptors (Lipinski definition) is 3. The molecule has 1 N–H and O–H groups in total. The molecule has 0 fully saturated rings. The lowest BCUT2D eigenvalue weighted by Crippen LogP contribution is -2.22. The highest BCUT2D eigenvalue weighted by Crippen LogP contribution is 2.18. The highest BCUT2D eigenvalue weighted by molar-refractivity contribution is 9.10. The lowest BCUT2D eigenvalue weighted by atomic mass is 10.3. The summed E-state index contributed by atoms with van der Waals surface area (Å²) in [5.41, 5.74) is 0. The lowest BCUT2D eigenvalue weighted by molar-refractivity contribution is 0.0926. The van der Waals surface area contributed by atoms with Gasteiger partial charge in [-0.25, -0.2) is 0 Å². The van der Waals surface area contributed by atoms with Crippen molar-refractivity contribution >= 4 is 21.8 Å². The van der Waals surface area contributed by atoms with E-state index in [-0.39, 0.29) is 18.3 Å². The fraction of sp³-hybridized carbons (Fsp3) is 0.133. The Bertz CT molecular complexity index is 589. The second-order valence-electron chi connectivity index (χ2n) is 4.01. The molecule has 0 saturated carbocycles. The molecule has 1 amide bonds. The Balaban J connectivity index is 1.91. The van der Waals surface area contributed by atoms with Crippen LogP contribution in [0.2, 0.25) is 0 Å². The highest BCUT2D eigenvalue weighted by atomic mass is 79.9. The number of rotatable bonds is 6. The van der Waals surface area contributed by atoms with Crippen LogP contribution in [0.1, 0.15) is 16.3 Å². The van der Waals surface area contributed by atoms with Crippen molar-refractivity contribution in [3.8, 4) is 5.75 Å². The molecule has 0 aliphatic heterocycles. The summed E-state index contributed by atoms with van der Waals surface area (Å²) < 4.78 is 12.0. The summed E-state index contributed by atoms with van der Waals surface area (Å²) in [7, 11) is 0. The summed E-state index contributed by atoms with van der Waals surface area (Å²) in [4.78, 5) is 11.6. The summed E-state index contributed by atoms with van der Waals surface area (Å²) in [5, 5.41) is 2.65. The van der Waals surface area contributed by atoms with Crippen LogP contribution in [0.4, 0.5) is 0 Å². The number of halogens is 1. The van der Waals surface area contributed by atoms with Crippen molar-refractivity contribution < 1.29 is 13.9 Å². The van der Waals surface area contributed by atoms with Crippen molar-refractivity contribution in [1.29, 1.82) is 0 Å². The van der Waals surface area contributed by atoms with Gasteiger partial charge in [-0.15, -0.1) is 6.58 Å². The largest absolute Gasteiger partial charge is 0.486 e. The summed E-state index contributed by atoms with van der Waals surface area (Å²) in [6.45, 7) is 4.21. The molecule has 0 aliphatic carbocycles. The molecule has 1 heterocycles. The first kappa shape index (κ1) is 14.4.